The third-order valence-corrected chi connectivity index (χ3v) is 5.81. The van der Waals surface area contributed by atoms with Crippen LogP contribution in [0.1, 0.15) is 117 Å². The second kappa shape index (κ2) is 29.2. The molecule has 0 rings (SSSR count). The summed E-state index contributed by atoms with van der Waals surface area (Å²) in [4.78, 5) is 23.9. The predicted molar refractivity (Wildman–Crippen MR) is 159 cm³/mol. The number of carbonyl (C=O) groups is 2. The van der Waals surface area contributed by atoms with E-state index >= 15 is 0 Å². The Labute approximate surface area is 232 Å². The molecule has 1 unspecified atom stereocenters. The lowest BCUT2D eigenvalue weighted by molar-refractivity contribution is -0.161. The van der Waals surface area contributed by atoms with E-state index in [1.165, 1.54) is 38.5 Å². The van der Waals surface area contributed by atoms with E-state index in [-0.39, 0.29) is 38.0 Å². The molecule has 0 radical (unpaired) electrons. The average Bonchev–Trinajstić information content (AvgIpc) is 2.92. The monoisotopic (exact) mass is 530 g/mol. The molecule has 5 heteroatoms. The van der Waals surface area contributed by atoms with Gasteiger partial charge >= 0.3 is 11.9 Å². The first-order valence-corrected chi connectivity index (χ1v) is 14.8. The zero-order valence-corrected chi connectivity index (χ0v) is 24.2. The number of aliphatic hydroxyl groups is 1. The Morgan fingerprint density at radius 1 is 0.632 bits per heavy atom. The van der Waals surface area contributed by atoms with Crippen molar-refractivity contribution in [3.63, 3.8) is 0 Å². The standard InChI is InChI=1S/C33H54O5/c1-3-5-7-9-11-13-15-16-18-19-21-23-25-27-32(35)37-30-31(29-34)38-33(36)28-26-24-22-20-17-14-12-10-8-6-4-2/h6,8,12,14,16,18,20-23,31,34H,3-5,7,9-11,13,15,17,19,24-30H2,1-2H3/b8-6+,14-12+,18-16+,22-20+,23-21+. The van der Waals surface area contributed by atoms with E-state index in [1.54, 1.807) is 0 Å². The SMILES string of the molecule is CC/C=C/C/C=C/C/C=C/CCCC(=O)OC(CO)COC(=O)CC/C=C/C/C=C/CCCCCCCC. The fourth-order valence-electron chi connectivity index (χ4n) is 3.57. The number of unbranched alkanes of at least 4 members (excludes halogenated alkanes) is 7. The van der Waals surface area contributed by atoms with Gasteiger partial charge in [0, 0.05) is 12.8 Å². The van der Waals surface area contributed by atoms with Crippen molar-refractivity contribution >= 4 is 11.9 Å². The van der Waals surface area contributed by atoms with Crippen molar-refractivity contribution < 1.29 is 24.2 Å². The third-order valence-electron chi connectivity index (χ3n) is 5.81. The normalized spacial score (nSPS) is 13.0. The van der Waals surface area contributed by atoms with Crippen LogP contribution in [-0.4, -0.2) is 36.4 Å². The minimum Gasteiger partial charge on any atom is -0.462 e. The maximum absolute atomic E-state index is 12.0. The van der Waals surface area contributed by atoms with Crippen LogP contribution in [0.3, 0.4) is 0 Å². The molecule has 0 amide bonds. The Morgan fingerprint density at radius 2 is 1.18 bits per heavy atom. The van der Waals surface area contributed by atoms with Gasteiger partial charge in [0.05, 0.1) is 6.61 Å². The third kappa shape index (κ3) is 26.7. The van der Waals surface area contributed by atoms with Gasteiger partial charge in [-0.2, -0.15) is 0 Å². The molecular weight excluding hydrogens is 476 g/mol. The lowest BCUT2D eigenvalue weighted by Crippen LogP contribution is -2.28. The number of aliphatic hydroxyl groups excluding tert-OH is 1. The van der Waals surface area contributed by atoms with Crippen LogP contribution in [0.5, 0.6) is 0 Å². The van der Waals surface area contributed by atoms with Gasteiger partial charge in [0.25, 0.3) is 0 Å². The van der Waals surface area contributed by atoms with Gasteiger partial charge < -0.3 is 14.6 Å². The molecule has 1 atom stereocenters. The van der Waals surface area contributed by atoms with Crippen molar-refractivity contribution in [1.29, 1.82) is 0 Å². The molecule has 0 fully saturated rings. The fourth-order valence-corrected chi connectivity index (χ4v) is 3.57. The van der Waals surface area contributed by atoms with Crippen molar-refractivity contribution in [2.24, 2.45) is 0 Å². The minimum atomic E-state index is -0.818. The van der Waals surface area contributed by atoms with E-state index in [0.29, 0.717) is 12.8 Å². The number of carbonyl (C=O) groups excluding carboxylic acids is 2. The van der Waals surface area contributed by atoms with Crippen LogP contribution in [0.2, 0.25) is 0 Å². The molecule has 1 N–H and O–H groups in total. The first-order valence-electron chi connectivity index (χ1n) is 14.8. The fraction of sp³-hybridized carbons (Fsp3) is 0.636. The predicted octanol–water partition coefficient (Wildman–Crippen LogP) is 8.50. The van der Waals surface area contributed by atoms with Crippen molar-refractivity contribution in [3.8, 4) is 0 Å². The van der Waals surface area contributed by atoms with Gasteiger partial charge in [0.1, 0.15) is 6.61 Å². The second-order valence-electron chi connectivity index (χ2n) is 9.44. The van der Waals surface area contributed by atoms with E-state index in [9.17, 15) is 14.7 Å². The number of hydrogen-bond donors (Lipinski definition) is 1. The van der Waals surface area contributed by atoms with Gasteiger partial charge in [0.2, 0.25) is 0 Å². The van der Waals surface area contributed by atoms with Crippen LogP contribution in [0, 0.1) is 0 Å². The quantitative estimate of drug-likeness (QED) is 0.0728. The van der Waals surface area contributed by atoms with Crippen molar-refractivity contribution in [1.82, 2.24) is 0 Å². The number of ether oxygens (including phenoxy) is 2. The molecule has 216 valence electrons. The van der Waals surface area contributed by atoms with Crippen molar-refractivity contribution in [2.45, 2.75) is 123 Å². The molecule has 38 heavy (non-hydrogen) atoms. The van der Waals surface area contributed by atoms with E-state index < -0.39 is 6.10 Å². The van der Waals surface area contributed by atoms with Gasteiger partial charge in [-0.3, -0.25) is 9.59 Å². The smallest absolute Gasteiger partial charge is 0.306 e. The Bertz CT molecular complexity index is 702. The second-order valence-corrected chi connectivity index (χ2v) is 9.44. The molecule has 0 aromatic rings. The van der Waals surface area contributed by atoms with Crippen molar-refractivity contribution in [2.75, 3.05) is 13.2 Å². The topological polar surface area (TPSA) is 72.8 Å². The molecule has 0 spiro atoms. The highest BCUT2D eigenvalue weighted by Gasteiger charge is 2.15. The van der Waals surface area contributed by atoms with Crippen LogP contribution in [-0.2, 0) is 19.1 Å². The number of rotatable bonds is 25. The van der Waals surface area contributed by atoms with E-state index in [2.05, 4.69) is 68.5 Å². The summed E-state index contributed by atoms with van der Waals surface area (Å²) in [5.41, 5.74) is 0. The van der Waals surface area contributed by atoms with Gasteiger partial charge in [-0.25, -0.2) is 0 Å². The zero-order valence-electron chi connectivity index (χ0n) is 24.2. The molecule has 0 saturated carbocycles. The average molecular weight is 531 g/mol. The lowest BCUT2D eigenvalue weighted by atomic mass is 10.1. The maximum atomic E-state index is 12.0. The maximum Gasteiger partial charge on any atom is 0.306 e. The summed E-state index contributed by atoms with van der Waals surface area (Å²) in [6.07, 6.45) is 35.8. The lowest BCUT2D eigenvalue weighted by Gasteiger charge is -2.15. The molecule has 0 heterocycles. The molecule has 0 saturated heterocycles. The summed E-state index contributed by atoms with van der Waals surface area (Å²) in [5, 5.41) is 9.44. The Kier molecular flexibility index (Phi) is 27.3. The van der Waals surface area contributed by atoms with Gasteiger partial charge in [-0.15, -0.1) is 0 Å². The Balaban J connectivity index is 3.80. The molecular formula is C33H54O5. The molecule has 0 bridgehead atoms. The summed E-state index contributed by atoms with van der Waals surface area (Å²) in [7, 11) is 0. The highest BCUT2D eigenvalue weighted by atomic mass is 16.6. The summed E-state index contributed by atoms with van der Waals surface area (Å²) < 4.78 is 10.4. The highest BCUT2D eigenvalue weighted by Crippen LogP contribution is 2.08. The molecule has 0 aliphatic rings. The summed E-state index contributed by atoms with van der Waals surface area (Å²) in [6.45, 7) is 3.87. The number of hydrogen-bond acceptors (Lipinski definition) is 5. The first kappa shape index (κ1) is 35.6. The molecule has 0 aliphatic carbocycles. The van der Waals surface area contributed by atoms with Gasteiger partial charge in [-0.05, 0) is 57.8 Å². The Hall–Kier alpha value is -2.40. The van der Waals surface area contributed by atoms with E-state index in [0.717, 1.165) is 38.5 Å². The molecule has 0 aromatic carbocycles. The number of esters is 2. The summed E-state index contributed by atoms with van der Waals surface area (Å²) in [6, 6.07) is 0. The van der Waals surface area contributed by atoms with Gasteiger partial charge in [-0.1, -0.05) is 107 Å². The molecule has 5 nitrogen and oxygen atoms in total. The Morgan fingerprint density at radius 3 is 1.82 bits per heavy atom. The van der Waals surface area contributed by atoms with E-state index in [4.69, 9.17) is 9.47 Å². The van der Waals surface area contributed by atoms with Crippen LogP contribution in [0.25, 0.3) is 0 Å². The molecule has 0 aromatic heterocycles. The van der Waals surface area contributed by atoms with E-state index in [1.807, 2.05) is 6.08 Å². The van der Waals surface area contributed by atoms with Crippen LogP contribution >= 0.6 is 0 Å². The zero-order chi connectivity index (χ0) is 27.9. The van der Waals surface area contributed by atoms with Gasteiger partial charge in [0.15, 0.2) is 6.10 Å². The van der Waals surface area contributed by atoms with Crippen LogP contribution in [0.15, 0.2) is 60.8 Å². The molecule has 0 aliphatic heterocycles. The van der Waals surface area contributed by atoms with Crippen LogP contribution < -0.4 is 0 Å². The first-order chi connectivity index (χ1) is 18.6. The van der Waals surface area contributed by atoms with Crippen molar-refractivity contribution in [3.05, 3.63) is 60.8 Å². The highest BCUT2D eigenvalue weighted by molar-refractivity contribution is 5.70. The summed E-state index contributed by atoms with van der Waals surface area (Å²) in [5.74, 6) is -0.744. The largest absolute Gasteiger partial charge is 0.462 e. The van der Waals surface area contributed by atoms with Crippen LogP contribution in [0.4, 0.5) is 0 Å². The summed E-state index contributed by atoms with van der Waals surface area (Å²) >= 11 is 0. The number of allylic oxidation sites excluding steroid dienone is 10. The minimum absolute atomic E-state index is 0.119.